The summed E-state index contributed by atoms with van der Waals surface area (Å²) < 4.78 is 5.45. The van der Waals surface area contributed by atoms with Crippen LogP contribution in [-0.4, -0.2) is 104 Å². The molecule has 12 heteroatoms. The zero-order chi connectivity index (χ0) is 22.8. The lowest BCUT2D eigenvalue weighted by atomic mass is 9.93. The van der Waals surface area contributed by atoms with Crippen molar-refractivity contribution in [1.29, 1.82) is 0 Å². The summed E-state index contributed by atoms with van der Waals surface area (Å²) in [5.41, 5.74) is 0. The van der Waals surface area contributed by atoms with Crippen molar-refractivity contribution in [2.24, 2.45) is 0 Å². The number of carbonyl (C=O) groups is 3. The maximum atomic E-state index is 12.3. The van der Waals surface area contributed by atoms with E-state index in [4.69, 9.17) is 14.9 Å². The average molecular weight is 436 g/mol. The van der Waals surface area contributed by atoms with Crippen molar-refractivity contribution in [3.8, 4) is 0 Å². The van der Waals surface area contributed by atoms with Crippen molar-refractivity contribution in [3.63, 3.8) is 0 Å². The second-order valence-electron chi connectivity index (χ2n) is 7.33. The van der Waals surface area contributed by atoms with Crippen molar-refractivity contribution in [1.82, 2.24) is 10.6 Å². The first-order valence-corrected chi connectivity index (χ1v) is 9.85. The van der Waals surface area contributed by atoms with E-state index in [0.29, 0.717) is 6.42 Å². The lowest BCUT2D eigenvalue weighted by Gasteiger charge is -2.39. The molecule has 0 aromatic carbocycles. The second kappa shape index (κ2) is 12.8. The van der Waals surface area contributed by atoms with Crippen molar-refractivity contribution in [2.75, 3.05) is 13.2 Å². The van der Waals surface area contributed by atoms with Gasteiger partial charge in [0.2, 0.25) is 11.8 Å². The Hall–Kier alpha value is -1.83. The van der Waals surface area contributed by atoms with Crippen LogP contribution in [0.25, 0.3) is 0 Å². The molecule has 8 N–H and O–H groups in total. The Labute approximate surface area is 173 Å². The minimum atomic E-state index is -1.55. The smallest absolute Gasteiger partial charge is 0.303 e. The van der Waals surface area contributed by atoms with Crippen LogP contribution in [0.3, 0.4) is 0 Å². The molecule has 0 unspecified atom stereocenters. The minimum absolute atomic E-state index is 0.0629. The fourth-order valence-electron chi connectivity index (χ4n) is 3.09. The van der Waals surface area contributed by atoms with E-state index < -0.39 is 67.1 Å². The Morgan fingerprint density at radius 1 is 1.03 bits per heavy atom. The third-order valence-corrected chi connectivity index (χ3v) is 4.88. The van der Waals surface area contributed by atoms with Crippen LogP contribution in [0.1, 0.15) is 39.0 Å². The van der Waals surface area contributed by atoms with Crippen molar-refractivity contribution < 1.29 is 49.8 Å². The highest BCUT2D eigenvalue weighted by Gasteiger charge is 2.41. The Morgan fingerprint density at radius 2 is 1.70 bits per heavy atom. The highest BCUT2D eigenvalue weighted by molar-refractivity contribution is 5.88. The summed E-state index contributed by atoms with van der Waals surface area (Å²) in [5.74, 6) is -2.43. The zero-order valence-corrected chi connectivity index (χ0v) is 16.8. The molecule has 30 heavy (non-hydrogen) atoms. The van der Waals surface area contributed by atoms with Crippen molar-refractivity contribution in [2.45, 2.75) is 81.7 Å². The third kappa shape index (κ3) is 8.13. The van der Waals surface area contributed by atoms with Crippen LogP contribution in [0.5, 0.6) is 0 Å². The fourth-order valence-corrected chi connectivity index (χ4v) is 3.09. The number of hydrogen-bond acceptors (Lipinski definition) is 9. The number of ether oxygens (including phenoxy) is 1. The molecule has 0 aliphatic carbocycles. The van der Waals surface area contributed by atoms with Crippen LogP contribution in [0.2, 0.25) is 0 Å². The molecule has 1 rings (SSSR count). The fraction of sp³-hybridized carbons (Fsp3) is 0.833. The molecular formula is C18H32N2O10. The van der Waals surface area contributed by atoms with Crippen LogP contribution in [0.4, 0.5) is 0 Å². The lowest BCUT2D eigenvalue weighted by molar-refractivity contribution is -0.218. The molecule has 1 heterocycles. The van der Waals surface area contributed by atoms with E-state index in [0.717, 1.165) is 0 Å². The molecule has 1 fully saturated rings. The van der Waals surface area contributed by atoms with Crippen molar-refractivity contribution in [3.05, 3.63) is 0 Å². The van der Waals surface area contributed by atoms with Gasteiger partial charge in [0.1, 0.15) is 30.5 Å². The van der Waals surface area contributed by atoms with E-state index in [9.17, 15) is 34.8 Å². The number of amides is 2. The van der Waals surface area contributed by atoms with Gasteiger partial charge in [0.05, 0.1) is 18.8 Å². The molecule has 0 saturated carbocycles. The molecule has 2 amide bonds. The van der Waals surface area contributed by atoms with Gasteiger partial charge in [-0.25, -0.2) is 0 Å². The quantitative estimate of drug-likeness (QED) is 0.144. The maximum Gasteiger partial charge on any atom is 0.303 e. The van der Waals surface area contributed by atoms with Gasteiger partial charge in [-0.05, 0) is 26.2 Å². The second-order valence-corrected chi connectivity index (χ2v) is 7.33. The predicted molar refractivity (Wildman–Crippen MR) is 101 cm³/mol. The summed E-state index contributed by atoms with van der Waals surface area (Å²) in [6.07, 6.45) is -6.47. The summed E-state index contributed by atoms with van der Waals surface area (Å²) in [6, 6.07) is -1.42. The van der Waals surface area contributed by atoms with E-state index in [1.807, 2.05) is 0 Å². The molecule has 0 bridgehead atoms. The van der Waals surface area contributed by atoms with Crippen molar-refractivity contribution >= 4 is 17.8 Å². The monoisotopic (exact) mass is 436 g/mol. The molecule has 7 atom stereocenters. The van der Waals surface area contributed by atoms with E-state index in [-0.39, 0.29) is 32.2 Å². The Balaban J connectivity index is 2.46. The molecular weight excluding hydrogens is 404 g/mol. The number of carboxylic acid groups (broad SMARTS) is 1. The molecule has 1 aliphatic rings. The average Bonchev–Trinajstić information content (AvgIpc) is 2.70. The number of nitrogens with one attached hydrogen (secondary N) is 2. The highest BCUT2D eigenvalue weighted by atomic mass is 16.5. The van der Waals surface area contributed by atoms with Gasteiger partial charge in [-0.3, -0.25) is 14.4 Å². The molecule has 1 aliphatic heterocycles. The summed E-state index contributed by atoms with van der Waals surface area (Å²) in [4.78, 5) is 34.6. The number of hydrogen-bond donors (Lipinski definition) is 8. The Bertz CT molecular complexity index is 575. The first kappa shape index (κ1) is 26.2. The molecule has 0 radical (unpaired) electrons. The summed E-state index contributed by atoms with van der Waals surface area (Å²) in [5, 5.41) is 61.7. The Morgan fingerprint density at radius 3 is 2.30 bits per heavy atom. The van der Waals surface area contributed by atoms with Crippen LogP contribution in [-0.2, 0) is 19.1 Å². The van der Waals surface area contributed by atoms with Crippen LogP contribution in [0.15, 0.2) is 0 Å². The standard InChI is InChI=1S/C18H32N2O10/c1-9-15(26)17(28)16(27)11(30-9)4-3-7-19-18(29)14(10(22)8-21)20-12(23)5-2-6-13(24)25/h9-11,14-17,21-22,26-28H,2-8H2,1H3,(H,19,29)(H,20,23)(H,24,25)/t9-,10-,11-,14-,15+,16+,17+/m0/s1. The topological polar surface area (TPSA) is 206 Å². The predicted octanol–water partition coefficient (Wildman–Crippen LogP) is -3.15. The van der Waals surface area contributed by atoms with Gasteiger partial charge in [-0.1, -0.05) is 0 Å². The van der Waals surface area contributed by atoms with Gasteiger partial charge in [-0.15, -0.1) is 0 Å². The van der Waals surface area contributed by atoms with E-state index >= 15 is 0 Å². The van der Waals surface area contributed by atoms with Crippen LogP contribution < -0.4 is 10.6 Å². The number of aliphatic hydroxyl groups is 5. The normalized spacial score (nSPS) is 28.4. The first-order chi connectivity index (χ1) is 14.1. The SMILES string of the molecule is C[C@@H]1O[C@@H](CCCNC(=O)[C@@H](NC(=O)CCCC(=O)O)[C@@H](O)CO)[C@@H](O)[C@H](O)[C@@H]1O. The van der Waals surface area contributed by atoms with Crippen LogP contribution in [0, 0.1) is 0 Å². The number of rotatable bonds is 12. The van der Waals surface area contributed by atoms with Gasteiger partial charge in [-0.2, -0.15) is 0 Å². The van der Waals surface area contributed by atoms with Gasteiger partial charge in [0.15, 0.2) is 0 Å². The number of carboxylic acids is 1. The van der Waals surface area contributed by atoms with E-state index in [2.05, 4.69) is 10.6 Å². The van der Waals surface area contributed by atoms with E-state index in [1.54, 1.807) is 6.92 Å². The van der Waals surface area contributed by atoms with Gasteiger partial charge in [0.25, 0.3) is 0 Å². The van der Waals surface area contributed by atoms with E-state index in [1.165, 1.54) is 0 Å². The van der Waals surface area contributed by atoms with Gasteiger partial charge in [0, 0.05) is 19.4 Å². The molecule has 12 nitrogen and oxygen atoms in total. The van der Waals surface area contributed by atoms with Gasteiger partial charge < -0.3 is 46.0 Å². The Kier molecular flexibility index (Phi) is 11.2. The third-order valence-electron chi connectivity index (χ3n) is 4.88. The minimum Gasteiger partial charge on any atom is -0.481 e. The number of carbonyl (C=O) groups excluding carboxylic acids is 2. The highest BCUT2D eigenvalue weighted by Crippen LogP contribution is 2.23. The number of aliphatic hydroxyl groups excluding tert-OH is 5. The maximum absolute atomic E-state index is 12.3. The largest absolute Gasteiger partial charge is 0.481 e. The number of aliphatic carboxylic acids is 1. The molecule has 0 spiro atoms. The molecule has 174 valence electrons. The molecule has 0 aromatic rings. The molecule has 0 aromatic heterocycles. The molecule has 1 saturated heterocycles. The zero-order valence-electron chi connectivity index (χ0n) is 16.8. The summed E-state index contributed by atoms with van der Waals surface area (Å²) in [6.45, 7) is 0.893. The van der Waals surface area contributed by atoms with Crippen LogP contribution >= 0.6 is 0 Å². The summed E-state index contributed by atoms with van der Waals surface area (Å²) in [7, 11) is 0. The lowest BCUT2D eigenvalue weighted by Crippen LogP contribution is -2.56. The first-order valence-electron chi connectivity index (χ1n) is 9.85. The summed E-state index contributed by atoms with van der Waals surface area (Å²) >= 11 is 0. The van der Waals surface area contributed by atoms with Gasteiger partial charge >= 0.3 is 5.97 Å².